The van der Waals surface area contributed by atoms with E-state index < -0.39 is 0 Å². The van der Waals surface area contributed by atoms with Crippen LogP contribution in [0.25, 0.3) is 0 Å². The van der Waals surface area contributed by atoms with Gasteiger partial charge in [-0.25, -0.2) is 0 Å². The summed E-state index contributed by atoms with van der Waals surface area (Å²) in [6.45, 7) is 10.4. The Bertz CT molecular complexity index is 565. The predicted molar refractivity (Wildman–Crippen MR) is 99.6 cm³/mol. The Morgan fingerprint density at radius 1 is 1.29 bits per heavy atom. The first-order chi connectivity index (χ1) is 11.5. The van der Waals surface area contributed by atoms with Gasteiger partial charge in [0.05, 0.1) is 12.7 Å². The van der Waals surface area contributed by atoms with E-state index in [9.17, 15) is 0 Å². The number of rotatable bonds is 5. The van der Waals surface area contributed by atoms with Gasteiger partial charge in [-0.1, -0.05) is 45.8 Å². The minimum Gasteiger partial charge on any atom is -0.373 e. The molecular formula is C22H33NO. The zero-order valence-electron chi connectivity index (χ0n) is 15.8. The second kappa shape index (κ2) is 7.39. The van der Waals surface area contributed by atoms with Crippen molar-refractivity contribution < 1.29 is 4.74 Å². The summed E-state index contributed by atoms with van der Waals surface area (Å²) < 4.78 is 6.24. The van der Waals surface area contributed by atoms with Crippen molar-refractivity contribution >= 4 is 0 Å². The number of ether oxygens (including phenoxy) is 1. The van der Waals surface area contributed by atoms with E-state index in [4.69, 9.17) is 4.74 Å². The number of aromatic nitrogens is 1. The van der Waals surface area contributed by atoms with Gasteiger partial charge in [0.1, 0.15) is 0 Å². The smallest absolute Gasteiger partial charge is 0.0721 e. The molecule has 4 atom stereocenters. The monoisotopic (exact) mass is 327 g/mol. The van der Waals surface area contributed by atoms with Crippen LogP contribution in [-0.4, -0.2) is 11.1 Å². The Hall–Kier alpha value is -1.15. The maximum absolute atomic E-state index is 6.24. The van der Waals surface area contributed by atoms with Gasteiger partial charge < -0.3 is 4.74 Å². The molecule has 0 spiro atoms. The van der Waals surface area contributed by atoms with Gasteiger partial charge >= 0.3 is 0 Å². The summed E-state index contributed by atoms with van der Waals surface area (Å²) in [6, 6.07) is 4.10. The first-order valence-corrected chi connectivity index (χ1v) is 9.74. The molecular weight excluding hydrogens is 294 g/mol. The number of pyridine rings is 1. The zero-order chi connectivity index (χ0) is 17.2. The lowest BCUT2D eigenvalue weighted by Crippen LogP contribution is -2.43. The van der Waals surface area contributed by atoms with Crippen LogP contribution < -0.4 is 0 Å². The van der Waals surface area contributed by atoms with Gasteiger partial charge in [0.15, 0.2) is 0 Å². The number of hydrogen-bond donors (Lipinski definition) is 0. The highest BCUT2D eigenvalue weighted by Crippen LogP contribution is 2.55. The van der Waals surface area contributed by atoms with Crippen molar-refractivity contribution in [1.29, 1.82) is 0 Å². The van der Waals surface area contributed by atoms with Crippen molar-refractivity contribution in [1.82, 2.24) is 4.98 Å². The third kappa shape index (κ3) is 3.44. The highest BCUT2D eigenvalue weighted by molar-refractivity contribution is 5.23. The van der Waals surface area contributed by atoms with Crippen LogP contribution in [0.3, 0.4) is 0 Å². The van der Waals surface area contributed by atoms with E-state index in [1.54, 1.807) is 5.57 Å². The van der Waals surface area contributed by atoms with Gasteiger partial charge in [-0.05, 0) is 66.5 Å². The minimum absolute atomic E-state index is 0.380. The summed E-state index contributed by atoms with van der Waals surface area (Å²) in [5, 5.41) is 0. The van der Waals surface area contributed by atoms with Gasteiger partial charge in [0.2, 0.25) is 0 Å². The molecule has 1 aromatic rings. The Morgan fingerprint density at radius 3 is 2.71 bits per heavy atom. The number of fused-ring (bicyclic) bond motifs is 1. The van der Waals surface area contributed by atoms with E-state index >= 15 is 0 Å². The van der Waals surface area contributed by atoms with Gasteiger partial charge in [0, 0.05) is 12.4 Å². The molecule has 0 aromatic carbocycles. The molecule has 2 aliphatic rings. The first-order valence-electron chi connectivity index (χ1n) is 9.74. The molecule has 2 aliphatic carbocycles. The number of allylic oxidation sites excluding steroid dienone is 1. The Morgan fingerprint density at radius 2 is 2.04 bits per heavy atom. The Balaban J connectivity index is 1.67. The second-order valence-electron chi connectivity index (χ2n) is 8.34. The standard InChI is InChI=1S/C22H33NO/c1-5-21-20(16(2)3)7-6-18-14-19(8-11-22(18,21)4)24-15-17-9-12-23-13-10-17/h6,9-10,12-13,16,19-21H,5,7-8,11,14-15H2,1-4H3/t19-,20?,21?,22-/m0/s1. The molecule has 2 nitrogen and oxygen atoms in total. The van der Waals surface area contributed by atoms with Gasteiger partial charge in [0.25, 0.3) is 0 Å². The molecule has 0 saturated heterocycles. The van der Waals surface area contributed by atoms with E-state index in [2.05, 4.69) is 38.8 Å². The van der Waals surface area contributed by atoms with Crippen LogP contribution in [0, 0.1) is 23.2 Å². The molecule has 0 N–H and O–H groups in total. The Labute approximate surface area is 147 Å². The van der Waals surface area contributed by atoms with E-state index in [-0.39, 0.29) is 0 Å². The minimum atomic E-state index is 0.380. The Kier molecular flexibility index (Phi) is 5.44. The van der Waals surface area contributed by atoms with E-state index in [1.807, 2.05) is 24.5 Å². The molecule has 0 radical (unpaired) electrons. The summed E-state index contributed by atoms with van der Waals surface area (Å²) >= 11 is 0. The van der Waals surface area contributed by atoms with E-state index in [1.165, 1.54) is 31.2 Å². The molecule has 0 amide bonds. The molecule has 24 heavy (non-hydrogen) atoms. The molecule has 2 unspecified atom stereocenters. The number of hydrogen-bond acceptors (Lipinski definition) is 2. The molecule has 1 heterocycles. The third-order valence-corrected chi connectivity index (χ3v) is 6.67. The lowest BCUT2D eigenvalue weighted by atomic mass is 9.54. The van der Waals surface area contributed by atoms with Crippen LogP contribution in [0.2, 0.25) is 0 Å². The average Bonchev–Trinajstić information content (AvgIpc) is 2.59. The molecule has 3 rings (SSSR count). The van der Waals surface area contributed by atoms with E-state index in [0.717, 1.165) is 24.2 Å². The summed E-state index contributed by atoms with van der Waals surface area (Å²) in [4.78, 5) is 4.08. The predicted octanol–water partition coefficient (Wildman–Crippen LogP) is 5.79. The molecule has 1 aromatic heterocycles. The normalized spacial score (nSPS) is 33.2. The topological polar surface area (TPSA) is 22.1 Å². The fraction of sp³-hybridized carbons (Fsp3) is 0.682. The second-order valence-corrected chi connectivity index (χ2v) is 8.34. The highest BCUT2D eigenvalue weighted by atomic mass is 16.5. The third-order valence-electron chi connectivity index (χ3n) is 6.67. The quantitative estimate of drug-likeness (QED) is 0.639. The van der Waals surface area contributed by atoms with Crippen molar-refractivity contribution in [3.05, 3.63) is 41.7 Å². The molecule has 1 saturated carbocycles. The van der Waals surface area contributed by atoms with Crippen molar-refractivity contribution in [2.75, 3.05) is 0 Å². The van der Waals surface area contributed by atoms with Crippen LogP contribution in [-0.2, 0) is 11.3 Å². The van der Waals surface area contributed by atoms with Crippen molar-refractivity contribution in [3.63, 3.8) is 0 Å². The molecule has 0 bridgehead atoms. The maximum atomic E-state index is 6.24. The zero-order valence-corrected chi connectivity index (χ0v) is 15.8. The fourth-order valence-corrected chi connectivity index (χ4v) is 5.18. The van der Waals surface area contributed by atoms with Crippen molar-refractivity contribution in [3.8, 4) is 0 Å². The lowest BCUT2D eigenvalue weighted by Gasteiger charge is -2.51. The summed E-state index contributed by atoms with van der Waals surface area (Å²) in [5.41, 5.74) is 3.30. The van der Waals surface area contributed by atoms with Gasteiger partial charge in [-0.2, -0.15) is 0 Å². The fourth-order valence-electron chi connectivity index (χ4n) is 5.18. The highest BCUT2D eigenvalue weighted by Gasteiger charge is 2.46. The van der Waals surface area contributed by atoms with Crippen LogP contribution in [0.5, 0.6) is 0 Å². The van der Waals surface area contributed by atoms with Crippen LogP contribution in [0.1, 0.15) is 65.4 Å². The van der Waals surface area contributed by atoms with Gasteiger partial charge in [-0.15, -0.1) is 0 Å². The van der Waals surface area contributed by atoms with Gasteiger partial charge in [-0.3, -0.25) is 4.98 Å². The van der Waals surface area contributed by atoms with Crippen LogP contribution >= 0.6 is 0 Å². The maximum Gasteiger partial charge on any atom is 0.0721 e. The molecule has 1 fully saturated rings. The SMILES string of the molecule is CCC1C(C(C)C)CC=C2C[C@@H](OCc3ccncc3)CC[C@@]21C. The molecule has 2 heteroatoms. The molecule has 132 valence electrons. The number of nitrogens with zero attached hydrogens (tertiary/aromatic N) is 1. The van der Waals surface area contributed by atoms with Crippen LogP contribution in [0.15, 0.2) is 36.2 Å². The first kappa shape index (κ1) is 17.7. The van der Waals surface area contributed by atoms with Crippen molar-refractivity contribution in [2.45, 2.75) is 72.5 Å². The lowest BCUT2D eigenvalue weighted by molar-refractivity contribution is -0.0133. The van der Waals surface area contributed by atoms with E-state index in [0.29, 0.717) is 18.1 Å². The average molecular weight is 328 g/mol. The summed E-state index contributed by atoms with van der Waals surface area (Å²) in [6.07, 6.45) is 12.8. The molecule has 0 aliphatic heterocycles. The largest absolute Gasteiger partial charge is 0.373 e. The summed E-state index contributed by atoms with van der Waals surface area (Å²) in [7, 11) is 0. The summed E-state index contributed by atoms with van der Waals surface area (Å²) in [5.74, 6) is 2.46. The van der Waals surface area contributed by atoms with Crippen LogP contribution in [0.4, 0.5) is 0 Å². The van der Waals surface area contributed by atoms with Crippen molar-refractivity contribution in [2.24, 2.45) is 23.2 Å².